The minimum atomic E-state index is 0.265. The normalized spacial score (nSPS) is 11.7. The number of methoxy groups -OCH3 is 1. The lowest BCUT2D eigenvalue weighted by Crippen LogP contribution is -2.27. The maximum atomic E-state index is 5.94. The smallest absolute Gasteiger partial charge is 0.209 e. The third-order valence-corrected chi connectivity index (χ3v) is 5.13. The molecule has 7 nitrogen and oxygen atoms in total. The number of guanidine groups is 1. The molecule has 0 aliphatic heterocycles. The highest BCUT2D eigenvalue weighted by Gasteiger charge is 2.04. The second kappa shape index (κ2) is 10.9. The van der Waals surface area contributed by atoms with Gasteiger partial charge in [-0.05, 0) is 47.9 Å². The summed E-state index contributed by atoms with van der Waals surface area (Å²) in [5, 5.41) is 5.24. The van der Waals surface area contributed by atoms with E-state index in [1.54, 1.807) is 13.3 Å². The molecule has 0 aliphatic rings. The summed E-state index contributed by atoms with van der Waals surface area (Å²) in [6, 6.07) is 23.9. The molecule has 4 rings (SSSR count). The van der Waals surface area contributed by atoms with Crippen molar-refractivity contribution < 1.29 is 9.47 Å². The largest absolute Gasteiger partial charge is 0.497 e. The van der Waals surface area contributed by atoms with Crippen LogP contribution in [0, 0.1) is 0 Å². The molecular weight excluding hydrogens is 414 g/mol. The lowest BCUT2D eigenvalue weighted by molar-refractivity contribution is 0.306. The van der Waals surface area contributed by atoms with Crippen LogP contribution < -0.4 is 20.6 Å². The molecule has 3 aromatic carbocycles. The van der Waals surface area contributed by atoms with Gasteiger partial charge >= 0.3 is 0 Å². The number of nitrogens with one attached hydrogen (secondary N) is 2. The fraction of sp³-hybridized carbons (Fsp3) is 0.154. The van der Waals surface area contributed by atoms with Crippen LogP contribution in [-0.4, -0.2) is 30.8 Å². The van der Waals surface area contributed by atoms with Crippen molar-refractivity contribution in [1.82, 2.24) is 10.4 Å². The average molecular weight is 442 g/mol. The number of aromatic nitrogens is 1. The quantitative estimate of drug-likeness (QED) is 0.206. The number of hydrazone groups is 1. The lowest BCUT2D eigenvalue weighted by Gasteiger charge is -2.06. The first-order valence-corrected chi connectivity index (χ1v) is 10.7. The number of aromatic amines is 1. The molecule has 0 bridgehead atoms. The standard InChI is InChI=1S/C26H27N5O2/c1-32-22-9-5-8-19(14-22)12-13-28-26(27)31-30-17-21-16-29-25-11-10-23(15-24(21)25)33-18-20-6-3-2-4-7-20/h2-11,14-17,29H,12-13,18H2,1H3,(H3,27,28,31)/b30-17+. The fourth-order valence-electron chi connectivity index (χ4n) is 3.40. The van der Waals surface area contributed by atoms with Crippen LogP contribution in [0.5, 0.6) is 11.5 Å². The van der Waals surface area contributed by atoms with E-state index < -0.39 is 0 Å². The zero-order chi connectivity index (χ0) is 22.9. The molecule has 0 spiro atoms. The maximum Gasteiger partial charge on any atom is 0.209 e. The van der Waals surface area contributed by atoms with Crippen molar-refractivity contribution in [1.29, 1.82) is 0 Å². The molecule has 1 heterocycles. The lowest BCUT2D eigenvalue weighted by atomic mass is 10.1. The Bertz CT molecular complexity index is 1250. The molecule has 7 heteroatoms. The first kappa shape index (κ1) is 22.0. The van der Waals surface area contributed by atoms with Crippen LogP contribution >= 0.6 is 0 Å². The molecule has 0 amide bonds. The zero-order valence-electron chi connectivity index (χ0n) is 18.5. The van der Waals surface area contributed by atoms with Gasteiger partial charge in [0, 0.05) is 29.2 Å². The van der Waals surface area contributed by atoms with E-state index in [-0.39, 0.29) is 5.96 Å². The van der Waals surface area contributed by atoms with E-state index in [4.69, 9.17) is 15.2 Å². The van der Waals surface area contributed by atoms with Crippen LogP contribution in [0.3, 0.4) is 0 Å². The first-order valence-electron chi connectivity index (χ1n) is 10.7. The number of rotatable bonds is 9. The summed E-state index contributed by atoms with van der Waals surface area (Å²) in [6.07, 6.45) is 4.37. The van der Waals surface area contributed by atoms with E-state index in [0.717, 1.165) is 45.5 Å². The Hall–Kier alpha value is -4.26. The summed E-state index contributed by atoms with van der Waals surface area (Å²) < 4.78 is 11.2. The predicted octanol–water partition coefficient (Wildman–Crippen LogP) is 4.24. The van der Waals surface area contributed by atoms with Crippen molar-refractivity contribution >= 4 is 23.1 Å². The van der Waals surface area contributed by atoms with Crippen LogP contribution in [0.25, 0.3) is 10.9 Å². The molecule has 4 N–H and O–H groups in total. The number of fused-ring (bicyclic) bond motifs is 1. The van der Waals surface area contributed by atoms with E-state index in [0.29, 0.717) is 13.2 Å². The summed E-state index contributed by atoms with van der Waals surface area (Å²) in [6.45, 7) is 1.07. The van der Waals surface area contributed by atoms with Crippen LogP contribution in [0.15, 0.2) is 89.1 Å². The van der Waals surface area contributed by atoms with Crippen molar-refractivity contribution in [3.05, 3.63) is 95.7 Å². The van der Waals surface area contributed by atoms with Gasteiger partial charge in [0.25, 0.3) is 0 Å². The van der Waals surface area contributed by atoms with Crippen LogP contribution in [0.1, 0.15) is 16.7 Å². The zero-order valence-corrected chi connectivity index (χ0v) is 18.5. The SMILES string of the molecule is COc1cccc(CCN=C(N)N/N=C/c2c[nH]c3ccc(OCc4ccccc4)cc23)c1. The number of nitrogens with zero attached hydrogens (tertiary/aromatic N) is 2. The van der Waals surface area contributed by atoms with Gasteiger partial charge in [-0.1, -0.05) is 42.5 Å². The maximum absolute atomic E-state index is 5.94. The van der Waals surface area contributed by atoms with Crippen molar-refractivity contribution in [2.24, 2.45) is 15.8 Å². The summed E-state index contributed by atoms with van der Waals surface area (Å²) in [5.41, 5.74) is 12.9. The van der Waals surface area contributed by atoms with Gasteiger partial charge in [-0.25, -0.2) is 5.43 Å². The molecule has 4 aromatic rings. The Balaban J connectivity index is 1.33. The molecule has 0 saturated carbocycles. The highest BCUT2D eigenvalue weighted by Crippen LogP contribution is 2.23. The number of hydrogen-bond donors (Lipinski definition) is 3. The third kappa shape index (κ3) is 6.13. The van der Waals surface area contributed by atoms with Crippen molar-refractivity contribution in [2.75, 3.05) is 13.7 Å². The van der Waals surface area contributed by atoms with E-state index in [2.05, 4.69) is 20.5 Å². The average Bonchev–Trinajstić information content (AvgIpc) is 3.26. The minimum Gasteiger partial charge on any atom is -0.497 e. The molecule has 168 valence electrons. The highest BCUT2D eigenvalue weighted by molar-refractivity contribution is 5.99. The van der Waals surface area contributed by atoms with Crippen molar-refractivity contribution in [3.8, 4) is 11.5 Å². The van der Waals surface area contributed by atoms with Gasteiger partial charge < -0.3 is 20.2 Å². The van der Waals surface area contributed by atoms with Gasteiger partial charge in [0.15, 0.2) is 0 Å². The Morgan fingerprint density at radius 1 is 1.00 bits per heavy atom. The van der Waals surface area contributed by atoms with Gasteiger partial charge in [0.2, 0.25) is 5.96 Å². The molecule has 1 aromatic heterocycles. The Morgan fingerprint density at radius 3 is 2.70 bits per heavy atom. The predicted molar refractivity (Wildman–Crippen MR) is 133 cm³/mol. The van der Waals surface area contributed by atoms with Gasteiger partial charge in [-0.3, -0.25) is 4.99 Å². The van der Waals surface area contributed by atoms with Gasteiger partial charge in [0.05, 0.1) is 13.3 Å². The van der Waals surface area contributed by atoms with Crippen molar-refractivity contribution in [2.45, 2.75) is 13.0 Å². The van der Waals surface area contributed by atoms with E-state index in [1.165, 1.54) is 0 Å². The topological polar surface area (TPSA) is 97.0 Å². The first-order chi connectivity index (χ1) is 16.2. The molecule has 0 fully saturated rings. The second-order valence-corrected chi connectivity index (χ2v) is 7.46. The molecular formula is C26H27N5O2. The summed E-state index contributed by atoms with van der Waals surface area (Å²) >= 11 is 0. The molecule has 33 heavy (non-hydrogen) atoms. The summed E-state index contributed by atoms with van der Waals surface area (Å²) in [5.74, 6) is 1.90. The Labute approximate surface area is 193 Å². The van der Waals surface area contributed by atoms with Crippen molar-refractivity contribution in [3.63, 3.8) is 0 Å². The molecule has 0 unspecified atom stereocenters. The van der Waals surface area contributed by atoms with Crippen LogP contribution in [0.4, 0.5) is 0 Å². The van der Waals surface area contributed by atoms with E-state index >= 15 is 0 Å². The van der Waals surface area contributed by atoms with Crippen LogP contribution in [0.2, 0.25) is 0 Å². The summed E-state index contributed by atoms with van der Waals surface area (Å²) in [7, 11) is 1.66. The third-order valence-electron chi connectivity index (χ3n) is 5.13. The molecule has 0 atom stereocenters. The number of benzene rings is 3. The number of ether oxygens (including phenoxy) is 2. The Morgan fingerprint density at radius 2 is 1.85 bits per heavy atom. The molecule has 0 saturated heterocycles. The number of nitrogens with two attached hydrogens (primary N) is 1. The van der Waals surface area contributed by atoms with Gasteiger partial charge in [-0.15, -0.1) is 0 Å². The fourth-order valence-corrected chi connectivity index (χ4v) is 3.40. The second-order valence-electron chi connectivity index (χ2n) is 7.46. The molecule has 0 aliphatic carbocycles. The monoisotopic (exact) mass is 441 g/mol. The highest BCUT2D eigenvalue weighted by atomic mass is 16.5. The van der Waals surface area contributed by atoms with E-state index in [1.807, 2.05) is 79.0 Å². The van der Waals surface area contributed by atoms with Crippen LogP contribution in [-0.2, 0) is 13.0 Å². The minimum absolute atomic E-state index is 0.265. The number of hydrogen-bond acceptors (Lipinski definition) is 4. The summed E-state index contributed by atoms with van der Waals surface area (Å²) in [4.78, 5) is 7.57. The number of H-pyrrole nitrogens is 1. The Kier molecular flexibility index (Phi) is 7.22. The number of aliphatic imine (C=N–C) groups is 1. The van der Waals surface area contributed by atoms with Gasteiger partial charge in [0.1, 0.15) is 18.1 Å². The van der Waals surface area contributed by atoms with Gasteiger partial charge in [-0.2, -0.15) is 5.10 Å². The molecule has 0 radical (unpaired) electrons. The van der Waals surface area contributed by atoms with E-state index in [9.17, 15) is 0 Å².